The van der Waals surface area contributed by atoms with E-state index in [0.29, 0.717) is 13.0 Å². The molecule has 0 aliphatic heterocycles. The van der Waals surface area contributed by atoms with Crippen LogP contribution in [0.3, 0.4) is 0 Å². The van der Waals surface area contributed by atoms with Gasteiger partial charge >= 0.3 is 0 Å². The summed E-state index contributed by atoms with van der Waals surface area (Å²) in [6.07, 6.45) is 4.78. The van der Waals surface area contributed by atoms with Crippen LogP contribution >= 0.6 is 0 Å². The van der Waals surface area contributed by atoms with Crippen LogP contribution in [-0.2, 0) is 0 Å². The second-order valence-electron chi connectivity index (χ2n) is 6.26. The van der Waals surface area contributed by atoms with Gasteiger partial charge in [0.1, 0.15) is 5.75 Å². The smallest absolute Gasteiger partial charge is 0.119 e. The predicted molar refractivity (Wildman–Crippen MR) is 88.5 cm³/mol. The Morgan fingerprint density at radius 2 is 1.90 bits per heavy atom. The van der Waals surface area contributed by atoms with Gasteiger partial charge in [-0.1, -0.05) is 45.7 Å². The van der Waals surface area contributed by atoms with Crippen LogP contribution in [0.25, 0.3) is 0 Å². The molecular weight excluding hydrogens is 262 g/mol. The molecule has 0 heterocycles. The first kappa shape index (κ1) is 18.0. The maximum absolute atomic E-state index is 10.0. The Kier molecular flexibility index (Phi) is 7.76. The fraction of sp³-hybridized carbons (Fsp3) is 0.667. The Hall–Kier alpha value is -1.06. The summed E-state index contributed by atoms with van der Waals surface area (Å²) in [5.74, 6) is 0.835. The van der Waals surface area contributed by atoms with Crippen LogP contribution in [0, 0.1) is 5.41 Å². The molecule has 3 nitrogen and oxygen atoms in total. The van der Waals surface area contributed by atoms with Crippen molar-refractivity contribution in [2.75, 3.05) is 13.2 Å². The highest BCUT2D eigenvalue weighted by Crippen LogP contribution is 2.30. The van der Waals surface area contributed by atoms with Gasteiger partial charge in [0.05, 0.1) is 12.7 Å². The van der Waals surface area contributed by atoms with Gasteiger partial charge in [0.25, 0.3) is 0 Å². The van der Waals surface area contributed by atoms with Crippen LogP contribution in [0.15, 0.2) is 24.3 Å². The van der Waals surface area contributed by atoms with Gasteiger partial charge in [-0.3, -0.25) is 0 Å². The third-order valence-electron chi connectivity index (χ3n) is 3.98. The summed E-state index contributed by atoms with van der Waals surface area (Å²) in [4.78, 5) is 0. The largest absolute Gasteiger partial charge is 0.493 e. The highest BCUT2D eigenvalue weighted by atomic mass is 16.5. The zero-order valence-electron chi connectivity index (χ0n) is 13.8. The van der Waals surface area contributed by atoms with Crippen molar-refractivity contribution in [3.05, 3.63) is 29.8 Å². The minimum atomic E-state index is -0.504. The molecule has 1 aromatic rings. The molecule has 0 aliphatic rings. The Balaban J connectivity index is 2.67. The zero-order chi connectivity index (χ0) is 15.7. The maximum Gasteiger partial charge on any atom is 0.119 e. The van der Waals surface area contributed by atoms with Gasteiger partial charge in [-0.2, -0.15) is 0 Å². The number of ether oxygens (including phenoxy) is 1. The van der Waals surface area contributed by atoms with Crippen molar-refractivity contribution in [3.63, 3.8) is 0 Å². The average Bonchev–Trinajstić information content (AvgIpc) is 2.46. The van der Waals surface area contributed by atoms with E-state index in [9.17, 15) is 5.11 Å². The molecule has 0 unspecified atom stereocenters. The van der Waals surface area contributed by atoms with Crippen molar-refractivity contribution in [1.29, 1.82) is 0 Å². The molecule has 0 spiro atoms. The van der Waals surface area contributed by atoms with Crippen LogP contribution in [0.1, 0.15) is 64.5 Å². The van der Waals surface area contributed by atoms with Crippen LogP contribution in [-0.4, -0.2) is 18.3 Å². The number of hydrogen-bond donors (Lipinski definition) is 2. The first-order chi connectivity index (χ1) is 10.0. The lowest BCUT2D eigenvalue weighted by Crippen LogP contribution is -2.25. The average molecular weight is 293 g/mol. The molecule has 0 fully saturated rings. The molecule has 3 heteroatoms. The van der Waals surface area contributed by atoms with Crippen LogP contribution in [0.5, 0.6) is 5.75 Å². The molecule has 1 aromatic carbocycles. The summed E-state index contributed by atoms with van der Waals surface area (Å²) in [6.45, 7) is 7.95. The zero-order valence-corrected chi connectivity index (χ0v) is 13.8. The van der Waals surface area contributed by atoms with Crippen LogP contribution in [0.4, 0.5) is 0 Å². The number of aliphatic hydroxyl groups excluding tert-OH is 1. The summed E-state index contributed by atoms with van der Waals surface area (Å²) in [5, 5.41) is 10.0. The number of hydrogen-bond acceptors (Lipinski definition) is 3. The van der Waals surface area contributed by atoms with E-state index in [1.54, 1.807) is 0 Å². The molecule has 1 rings (SSSR count). The molecule has 120 valence electrons. The van der Waals surface area contributed by atoms with E-state index in [2.05, 4.69) is 20.8 Å². The van der Waals surface area contributed by atoms with Gasteiger partial charge in [-0.15, -0.1) is 0 Å². The molecule has 0 aliphatic carbocycles. The topological polar surface area (TPSA) is 55.5 Å². The summed E-state index contributed by atoms with van der Waals surface area (Å²) >= 11 is 0. The monoisotopic (exact) mass is 293 g/mol. The summed E-state index contributed by atoms with van der Waals surface area (Å²) < 4.78 is 6.00. The molecule has 3 N–H and O–H groups in total. The van der Waals surface area contributed by atoms with E-state index in [1.807, 2.05) is 24.3 Å². The Morgan fingerprint density at radius 3 is 2.48 bits per heavy atom. The van der Waals surface area contributed by atoms with E-state index in [4.69, 9.17) is 10.5 Å². The minimum absolute atomic E-state index is 0.232. The van der Waals surface area contributed by atoms with Gasteiger partial charge in [0.2, 0.25) is 0 Å². The highest BCUT2D eigenvalue weighted by Gasteiger charge is 2.23. The summed E-state index contributed by atoms with van der Waals surface area (Å²) in [7, 11) is 0. The van der Waals surface area contributed by atoms with Crippen molar-refractivity contribution < 1.29 is 9.84 Å². The SMILES string of the molecule is CCCC(C)(CCC)COc1cccc([C@H](O)CCN)c1. The van der Waals surface area contributed by atoms with Gasteiger partial charge in [-0.05, 0) is 43.5 Å². The van der Waals surface area contributed by atoms with Crippen LogP contribution < -0.4 is 10.5 Å². The first-order valence-electron chi connectivity index (χ1n) is 8.15. The second kappa shape index (κ2) is 9.06. The van der Waals surface area contributed by atoms with Crippen LogP contribution in [0.2, 0.25) is 0 Å². The predicted octanol–water partition coefficient (Wildman–Crippen LogP) is 4.05. The van der Waals surface area contributed by atoms with E-state index in [1.165, 1.54) is 25.7 Å². The Morgan fingerprint density at radius 1 is 1.24 bits per heavy atom. The summed E-state index contributed by atoms with van der Waals surface area (Å²) in [5.41, 5.74) is 6.61. The second-order valence-corrected chi connectivity index (χ2v) is 6.26. The molecule has 0 saturated heterocycles. The third kappa shape index (κ3) is 6.06. The molecule has 0 radical (unpaired) electrons. The third-order valence-corrected chi connectivity index (χ3v) is 3.98. The van der Waals surface area contributed by atoms with Crippen molar-refractivity contribution >= 4 is 0 Å². The fourth-order valence-electron chi connectivity index (χ4n) is 2.87. The number of nitrogens with two attached hydrogens (primary N) is 1. The molecule has 1 atom stereocenters. The molecule has 0 aromatic heterocycles. The lowest BCUT2D eigenvalue weighted by Gasteiger charge is -2.29. The minimum Gasteiger partial charge on any atom is -0.493 e. The van der Waals surface area contributed by atoms with Crippen molar-refractivity contribution in [2.45, 2.75) is 59.0 Å². The van der Waals surface area contributed by atoms with E-state index < -0.39 is 6.10 Å². The lowest BCUT2D eigenvalue weighted by molar-refractivity contribution is 0.137. The highest BCUT2D eigenvalue weighted by molar-refractivity contribution is 5.30. The number of aliphatic hydroxyl groups is 1. The molecular formula is C18H31NO2. The quantitative estimate of drug-likeness (QED) is 0.684. The molecule has 0 amide bonds. The summed E-state index contributed by atoms with van der Waals surface area (Å²) in [6, 6.07) is 7.74. The number of benzene rings is 1. The van der Waals surface area contributed by atoms with Crippen molar-refractivity contribution in [3.8, 4) is 5.75 Å². The van der Waals surface area contributed by atoms with E-state index in [0.717, 1.165) is 17.9 Å². The first-order valence-corrected chi connectivity index (χ1v) is 8.15. The maximum atomic E-state index is 10.0. The van der Waals surface area contributed by atoms with Crippen molar-refractivity contribution in [2.24, 2.45) is 11.1 Å². The van der Waals surface area contributed by atoms with Gasteiger partial charge in [-0.25, -0.2) is 0 Å². The standard InChI is InChI=1S/C18H31NO2/c1-4-10-18(3,11-5-2)14-21-16-8-6-7-15(13-16)17(20)9-12-19/h6-8,13,17,20H,4-5,9-12,14,19H2,1-3H3/t17-/m1/s1. The van der Waals surface area contributed by atoms with Gasteiger partial charge in [0, 0.05) is 5.41 Å². The fourth-order valence-corrected chi connectivity index (χ4v) is 2.87. The Labute approximate surface area is 129 Å². The van der Waals surface area contributed by atoms with E-state index >= 15 is 0 Å². The molecule has 21 heavy (non-hydrogen) atoms. The van der Waals surface area contributed by atoms with Gasteiger partial charge in [0.15, 0.2) is 0 Å². The molecule has 0 bridgehead atoms. The number of rotatable bonds is 10. The molecule has 0 saturated carbocycles. The van der Waals surface area contributed by atoms with E-state index in [-0.39, 0.29) is 5.41 Å². The Bertz CT molecular complexity index is 400. The lowest BCUT2D eigenvalue weighted by atomic mass is 9.82. The normalized spacial score (nSPS) is 13.2. The van der Waals surface area contributed by atoms with Crippen molar-refractivity contribution in [1.82, 2.24) is 0 Å². The van der Waals surface area contributed by atoms with Gasteiger partial charge < -0.3 is 15.6 Å².